The Bertz CT molecular complexity index is 3200. The van der Waals surface area contributed by atoms with Crippen molar-refractivity contribution >= 4 is 41.5 Å². The van der Waals surface area contributed by atoms with E-state index in [0.717, 1.165) is 6.92 Å². The zero-order chi connectivity index (χ0) is 118. The highest BCUT2D eigenvalue weighted by Crippen LogP contribution is 2.31. The van der Waals surface area contributed by atoms with Crippen molar-refractivity contribution in [2.24, 2.45) is 33.5 Å². The van der Waals surface area contributed by atoms with Crippen LogP contribution in [0.15, 0.2) is 4.99 Å². The van der Waals surface area contributed by atoms with Gasteiger partial charge >= 0.3 is 0 Å². The van der Waals surface area contributed by atoms with Gasteiger partial charge in [0.05, 0.1) is 109 Å². The number of nitrogens with zero attached hydrogens (tertiary/aromatic N) is 1. The van der Waals surface area contributed by atoms with Gasteiger partial charge < -0.3 is 291 Å². The van der Waals surface area contributed by atoms with Crippen LogP contribution >= 0.6 is 0 Å². The molecule has 7 rings (SSSR count). The average Bonchev–Trinajstić information content (AvgIpc) is 0.789. The lowest BCUT2D eigenvalue weighted by atomic mass is 9.89. The second-order valence-electron chi connectivity index (χ2n) is 34.6. The largest absolute Gasteiger partial charge is 0.481 e. The molecule has 64 nitrogen and oxygen atoms in total. The number of aliphatic carboxylic acids is 1. The molecule has 0 bridgehead atoms. The van der Waals surface area contributed by atoms with Crippen LogP contribution in [0.4, 0.5) is 0 Å². The number of nitrogens with two attached hydrogens (primary N) is 3. The third-order valence-corrected chi connectivity index (χ3v) is 20.5. The molecule has 40 atom stereocenters. The van der Waals surface area contributed by atoms with Crippen LogP contribution in [0.25, 0.3) is 0 Å². The zero-order valence-corrected chi connectivity index (χ0v) is 86.4. The lowest BCUT2D eigenvalue weighted by Crippen LogP contribution is -2.65. The summed E-state index contributed by atoms with van der Waals surface area (Å²) in [6, 6.07) is -1.40. The number of aliphatic imine (C=N–C) groups is 1. The highest BCUT2D eigenvalue weighted by Gasteiger charge is 2.51. The lowest BCUT2D eigenvalue weighted by Gasteiger charge is -2.45. The summed E-state index contributed by atoms with van der Waals surface area (Å²) in [5.41, 5.74) is 12.6. The molecular weight excluding hydrogens is 2010 g/mol. The van der Waals surface area contributed by atoms with E-state index in [0.29, 0.717) is 12.6 Å². The van der Waals surface area contributed by atoms with E-state index >= 15 is 0 Å². The molecule has 0 aromatic heterocycles. The van der Waals surface area contributed by atoms with E-state index in [1.54, 1.807) is 0 Å². The Morgan fingerprint density at radius 3 is 1.09 bits per heavy atom. The molecule has 890 valence electrons. The lowest BCUT2D eigenvalue weighted by molar-refractivity contribution is -0.326. The van der Waals surface area contributed by atoms with E-state index in [4.69, 9.17) is 178 Å². The topological polar surface area (TPSA) is 1160 Å². The van der Waals surface area contributed by atoms with Gasteiger partial charge in [-0.05, 0) is 55.0 Å². The van der Waals surface area contributed by atoms with E-state index in [2.05, 4.69) is 70.1 Å². The van der Waals surface area contributed by atoms with Crippen molar-refractivity contribution in [1.82, 2.24) is 26.6 Å². The second kappa shape index (κ2) is 83.5. The molecule has 0 saturated carbocycles. The monoisotopic (exact) mass is 2190 g/mol. The first-order valence-electron chi connectivity index (χ1n) is 46.0. The Balaban J connectivity index is -0.000000243. The van der Waals surface area contributed by atoms with Crippen molar-refractivity contribution in [1.29, 1.82) is 0 Å². The number of carbonyl (C=O) groups excluding carboxylic acids is 5. The Hall–Kier alpha value is -5.87. The van der Waals surface area contributed by atoms with E-state index in [1.807, 2.05) is 34.7 Å². The number of guanidine groups is 1. The van der Waals surface area contributed by atoms with Gasteiger partial charge in [-0.25, -0.2) is 0 Å². The van der Waals surface area contributed by atoms with Gasteiger partial charge in [-0.3, -0.25) is 33.8 Å². The van der Waals surface area contributed by atoms with Crippen molar-refractivity contribution in [3.05, 3.63) is 0 Å². The van der Waals surface area contributed by atoms with Gasteiger partial charge in [-0.2, -0.15) is 0 Å². The molecule has 5 amide bonds. The summed E-state index contributed by atoms with van der Waals surface area (Å²) in [5, 5.41) is 384. The molecule has 7 saturated heterocycles. The zero-order valence-electron chi connectivity index (χ0n) is 86.4. The molecule has 0 aromatic carbocycles. The van der Waals surface area contributed by atoms with Gasteiger partial charge in [0, 0.05) is 85.5 Å². The fourth-order valence-electron chi connectivity index (χ4n) is 11.1. The van der Waals surface area contributed by atoms with Gasteiger partial charge in [0.2, 0.25) is 29.5 Å². The number of carboxylic acid groups (broad SMARTS) is 1. The first-order chi connectivity index (χ1) is 68.1. The number of hydrogen-bond acceptors (Lipinski definition) is 56. The van der Waals surface area contributed by atoms with Crippen LogP contribution in [-0.2, 0) is 66.7 Å². The average molecular weight is 2200 g/mol. The first kappa shape index (κ1) is 157. The van der Waals surface area contributed by atoms with Crippen LogP contribution in [0, 0.1) is 11.3 Å². The maximum atomic E-state index is 11.1. The van der Waals surface area contributed by atoms with Gasteiger partial charge in [0.1, 0.15) is 164 Å². The smallest absolute Gasteiger partial charge is 0.300 e. The molecule has 148 heavy (non-hydrogen) atoms. The van der Waals surface area contributed by atoms with E-state index < -0.39 is 314 Å². The van der Waals surface area contributed by atoms with E-state index in [1.165, 1.54) is 82.7 Å². The molecule has 64 heteroatoms. The molecule has 7 aliphatic rings. The van der Waals surface area contributed by atoms with Gasteiger partial charge in [0.15, 0.2) is 49.5 Å². The van der Waals surface area contributed by atoms with Crippen molar-refractivity contribution in [2.75, 3.05) is 99.9 Å². The third kappa shape index (κ3) is 65.1. The van der Waals surface area contributed by atoms with Crippen molar-refractivity contribution in [3.8, 4) is 0 Å². The van der Waals surface area contributed by atoms with Crippen LogP contribution in [0.2, 0.25) is 0 Å². The second-order valence-corrected chi connectivity index (χ2v) is 34.6. The standard InChI is InChI=1S/C12H24O10.C11H21NO7.C8H15NO6.C7H15NO2.C6H13NO4.3C6H12O5.C5H13N.C5H10O5.C4H10O3.C2H7N3.C2H5NO.C2H4O2.C2H6/c1-4(15)7(17)11(5(16)2-13)22-12-10(20)9(19)8(18)6(3-14)21-12;1-5(14)12-8-6(15)3-11(2,18)19-10(8)9(17)7(16)4-13;1-3(11)9-5-7(13)6(12)4(2-10)15-8(5)14;1-6(10)8-4-7(2,3)5-9;1-5(11)7-6(2-8,3-9)4-10;3*1-2-3(7)4(8)5(9)6(10)11-2;1-4-5(2)6-3;6-2-1-10-5(9)4(8)3(2)7;5-1-4(2-6)3-7;1-5-2(3)4;2*1-2(3)4;1-2/h4-20H,2-3H2,1H3;6-10,13,15-18H,3-4H2,1-2H3,(H,12,14);4-8,10,12-14H,2H2,1H3,(H,9,11);9H,4-5H2,1-3H3,(H,8,10);8-10H,2-4H2,1H3,(H,7,11);3*2-10H,1H3;5-6H,4H2,1-3H3;2-9H,1H2;4-7H,1-3H2;1H3,(H4,3,4,5);1H3,(H2,3,4);1H3,(H,3,4);1-2H3/t4-,5?,6?,7?,8+,9?,10+,11-,12+;6?,7?,8-,9?,10?,11+;4?,5?,6-,7+,8-;;;2?,3-,4+,5?,6+;2?,3-,4+,5?,6-;2?,3-,4-,5?,6+;;2-,3-,4?,5+;;;;;/m011..101.1...../s1. The summed E-state index contributed by atoms with van der Waals surface area (Å²) in [4.78, 5) is 64.3. The highest BCUT2D eigenvalue weighted by atomic mass is 16.7. The number of primary amides is 1. The summed E-state index contributed by atoms with van der Waals surface area (Å²) in [5.74, 6) is -4.45. The minimum atomic E-state index is -1.73. The molecule has 7 heterocycles. The molecule has 0 aromatic rings. The Morgan fingerprint density at radius 2 is 0.818 bits per heavy atom. The number of amides is 5. The number of carbonyl (C=O) groups is 6. The van der Waals surface area contributed by atoms with E-state index in [9.17, 15) is 90.4 Å². The first-order valence-corrected chi connectivity index (χ1v) is 46.0. The number of aliphatic hydroxyl groups is 40. The summed E-state index contributed by atoms with van der Waals surface area (Å²) < 4.78 is 38.7. The molecule has 0 spiro atoms. The van der Waals surface area contributed by atoms with Crippen LogP contribution < -0.4 is 43.8 Å². The third-order valence-electron chi connectivity index (χ3n) is 20.5. The fourth-order valence-corrected chi connectivity index (χ4v) is 11.1. The Kier molecular flexibility index (Phi) is 88.8. The minimum absolute atomic E-state index is 0.0541. The number of carboxylic acids is 1. The quantitative estimate of drug-likeness (QED) is 0.0298. The fraction of sp³-hybridized carbons (Fsp3) is 0.917. The maximum absolute atomic E-state index is 11.1. The number of hydrogen-bond donors (Lipinski definition) is 49. The van der Waals surface area contributed by atoms with Crippen LogP contribution in [-0.4, -0.2) is 601 Å². The Morgan fingerprint density at radius 1 is 0.466 bits per heavy atom. The number of rotatable bonds is 25. The summed E-state index contributed by atoms with van der Waals surface area (Å²) in [6.45, 7) is 22.5. The summed E-state index contributed by atoms with van der Waals surface area (Å²) >= 11 is 0. The molecule has 7 aliphatic heterocycles. The summed E-state index contributed by atoms with van der Waals surface area (Å²) in [6.07, 6.45) is -46.8. The molecular formula is C84H179N9O55. The van der Waals surface area contributed by atoms with Gasteiger partial charge in [-0.15, -0.1) is 0 Å². The number of ether oxygens (including phenoxy) is 8. The predicted octanol–water partition coefficient (Wildman–Crippen LogP) is -22.9. The maximum Gasteiger partial charge on any atom is 0.300 e. The molecule has 0 aliphatic carbocycles. The summed E-state index contributed by atoms with van der Waals surface area (Å²) in [7, 11) is 3.52. The molecule has 52 N–H and O–H groups in total. The normalized spacial score (nSPS) is 33.2. The SMILES string of the molecule is CC.CC(=O)NC(CO)(CO)CO.CC(=O)NC1[C@H](O)OC(CO)[C@@H](O)[C@H]1O.CC(=O)NCC(C)(C)CO.CC(=O)N[C@@H]1C(O)C[C@@](C)(O)OC1C(O)C(O)CO.CC(=O)O.CC(N)=O.CC1O[C@H](O)C(O)[C@@H](O)[C@@H]1O.CC1O[C@H](O)C(O)[C@H](O)[C@@H]1O.CC1O[C@H](O)C(O)[C@H](O)[C@H]1O.CCC(C)NC.CN=C(N)N.C[C@H](O)C(O)[C@@H](O[C@H]1OC(CO)[C@@H](O)C(O)[C@H]1O)C(O)CO.OC1[C@@H](O)OC[C@@H](O)[C@H]1O.OCC(CO)CO. The van der Waals surface area contributed by atoms with Crippen molar-refractivity contribution in [2.45, 2.75) is 381 Å². The van der Waals surface area contributed by atoms with Crippen molar-refractivity contribution < 1.29 is 276 Å². The Labute approximate surface area is 855 Å². The van der Waals surface area contributed by atoms with Crippen molar-refractivity contribution in [3.63, 3.8) is 0 Å². The predicted molar refractivity (Wildman–Crippen MR) is 506 cm³/mol. The van der Waals surface area contributed by atoms with Crippen LogP contribution in [0.5, 0.6) is 0 Å². The number of aliphatic hydroxyl groups excluding tert-OH is 39. The van der Waals surface area contributed by atoms with Gasteiger partial charge in [-0.1, -0.05) is 34.6 Å². The van der Waals surface area contributed by atoms with Gasteiger partial charge in [0.25, 0.3) is 5.97 Å². The van der Waals surface area contributed by atoms with E-state index in [-0.39, 0.29) is 68.6 Å². The van der Waals surface area contributed by atoms with Crippen LogP contribution in [0.1, 0.15) is 131 Å². The highest BCUT2D eigenvalue weighted by molar-refractivity contribution is 5.75. The number of nitrogens with one attached hydrogen (secondary N) is 5. The molecule has 0 radical (unpaired) electrons. The molecule has 7 fully saturated rings. The van der Waals surface area contributed by atoms with Crippen LogP contribution in [0.3, 0.4) is 0 Å². The minimum Gasteiger partial charge on any atom is -0.481 e. The molecule has 18 unspecified atom stereocenters.